The number of hydrogen-bond donors (Lipinski definition) is 1. The minimum atomic E-state index is -0.309. The molecule has 2 aromatic rings. The summed E-state index contributed by atoms with van der Waals surface area (Å²) in [6.45, 7) is 3.69. The van der Waals surface area contributed by atoms with Crippen LogP contribution in [0.15, 0.2) is 41.8 Å². The third-order valence-corrected chi connectivity index (χ3v) is 4.53. The van der Waals surface area contributed by atoms with Crippen LogP contribution in [0.4, 0.5) is 0 Å². The Balaban J connectivity index is 1.98. The molecule has 0 spiro atoms. The van der Waals surface area contributed by atoms with E-state index in [1.807, 2.05) is 19.9 Å². The predicted molar refractivity (Wildman–Crippen MR) is 90.4 cm³/mol. The monoisotopic (exact) mass is 355 g/mol. The summed E-state index contributed by atoms with van der Waals surface area (Å²) < 4.78 is 0. The van der Waals surface area contributed by atoms with Gasteiger partial charge in [0.25, 0.3) is 0 Å². The summed E-state index contributed by atoms with van der Waals surface area (Å²) in [5, 5.41) is 4.30. The van der Waals surface area contributed by atoms with E-state index in [2.05, 4.69) is 15.3 Å². The number of thioether (sulfide) groups is 1. The Bertz CT molecular complexity index is 654. The zero-order chi connectivity index (χ0) is 16.1. The number of carbonyl (C=O) groups is 1. The van der Waals surface area contributed by atoms with Crippen molar-refractivity contribution in [2.24, 2.45) is 0 Å². The maximum atomic E-state index is 12.3. The van der Waals surface area contributed by atoms with E-state index in [0.29, 0.717) is 15.2 Å². The van der Waals surface area contributed by atoms with Crippen LogP contribution in [0.1, 0.15) is 25.5 Å². The number of benzene rings is 1. The van der Waals surface area contributed by atoms with Gasteiger partial charge in [-0.3, -0.25) is 4.79 Å². The summed E-state index contributed by atoms with van der Waals surface area (Å²) in [6.07, 6.45) is 3.30. The van der Waals surface area contributed by atoms with E-state index in [0.717, 1.165) is 5.56 Å². The van der Waals surface area contributed by atoms with Gasteiger partial charge in [-0.15, -0.1) is 0 Å². The molecule has 0 fully saturated rings. The average Bonchev–Trinajstić information content (AvgIpc) is 2.47. The highest BCUT2D eigenvalue weighted by molar-refractivity contribution is 8.00. The minimum absolute atomic E-state index is 0.101. The van der Waals surface area contributed by atoms with Crippen LogP contribution < -0.4 is 5.32 Å². The van der Waals surface area contributed by atoms with Crippen LogP contribution in [0.2, 0.25) is 10.0 Å². The topological polar surface area (TPSA) is 54.9 Å². The maximum absolute atomic E-state index is 12.3. The normalized spacial score (nSPS) is 13.5. The second kappa shape index (κ2) is 7.81. The SMILES string of the molecule is C[C@H](Sc1ncccn1)C(=O)N[C@@H](C)c1ccc(Cl)cc1Cl. The summed E-state index contributed by atoms with van der Waals surface area (Å²) in [7, 11) is 0. The lowest BCUT2D eigenvalue weighted by molar-refractivity contribution is -0.120. The van der Waals surface area contributed by atoms with Crippen LogP contribution in [0, 0.1) is 0 Å². The summed E-state index contributed by atoms with van der Waals surface area (Å²) in [5.74, 6) is -0.101. The second-order valence-electron chi connectivity index (χ2n) is 4.69. The minimum Gasteiger partial charge on any atom is -0.349 e. The Kier molecular flexibility index (Phi) is 6.06. The molecule has 0 aliphatic rings. The van der Waals surface area contributed by atoms with Crippen LogP contribution >= 0.6 is 35.0 Å². The number of nitrogens with one attached hydrogen (secondary N) is 1. The molecule has 7 heteroatoms. The van der Waals surface area contributed by atoms with E-state index < -0.39 is 0 Å². The van der Waals surface area contributed by atoms with Crippen molar-refractivity contribution in [1.29, 1.82) is 0 Å². The number of hydrogen-bond acceptors (Lipinski definition) is 4. The van der Waals surface area contributed by atoms with Crippen LogP contribution in [0.25, 0.3) is 0 Å². The van der Waals surface area contributed by atoms with Gasteiger partial charge in [0.1, 0.15) is 0 Å². The zero-order valence-electron chi connectivity index (χ0n) is 12.1. The number of amides is 1. The van der Waals surface area contributed by atoms with Crippen LogP contribution in [-0.4, -0.2) is 21.1 Å². The second-order valence-corrected chi connectivity index (χ2v) is 6.84. The third-order valence-electron chi connectivity index (χ3n) is 2.98. The summed E-state index contributed by atoms with van der Waals surface area (Å²) in [5.41, 5.74) is 0.826. The molecule has 1 aromatic heterocycles. The van der Waals surface area contributed by atoms with E-state index in [1.165, 1.54) is 11.8 Å². The molecule has 1 amide bonds. The summed E-state index contributed by atoms with van der Waals surface area (Å²) >= 11 is 13.3. The fourth-order valence-corrected chi connectivity index (χ4v) is 3.13. The van der Waals surface area contributed by atoms with E-state index in [-0.39, 0.29) is 17.2 Å². The van der Waals surface area contributed by atoms with Crippen LogP contribution in [0.3, 0.4) is 0 Å². The molecular formula is C15H15Cl2N3OS. The van der Waals surface area contributed by atoms with Gasteiger partial charge in [-0.05, 0) is 37.6 Å². The highest BCUT2D eigenvalue weighted by Crippen LogP contribution is 2.27. The van der Waals surface area contributed by atoms with Gasteiger partial charge in [0.05, 0.1) is 11.3 Å². The first-order chi connectivity index (χ1) is 10.5. The molecule has 1 N–H and O–H groups in total. The zero-order valence-corrected chi connectivity index (χ0v) is 14.4. The van der Waals surface area contributed by atoms with Crippen molar-refractivity contribution in [3.63, 3.8) is 0 Å². The van der Waals surface area contributed by atoms with Gasteiger partial charge >= 0.3 is 0 Å². The average molecular weight is 356 g/mol. The first-order valence-corrected chi connectivity index (χ1v) is 8.30. The number of nitrogens with zero attached hydrogens (tertiary/aromatic N) is 2. The lowest BCUT2D eigenvalue weighted by Gasteiger charge is -2.18. The lowest BCUT2D eigenvalue weighted by Crippen LogP contribution is -2.33. The number of halogens is 2. The number of carbonyl (C=O) groups excluding carboxylic acids is 1. The molecule has 0 unspecified atom stereocenters. The van der Waals surface area contributed by atoms with Gasteiger partial charge in [0, 0.05) is 22.4 Å². The van der Waals surface area contributed by atoms with Crippen LogP contribution in [-0.2, 0) is 4.79 Å². The molecule has 0 aliphatic carbocycles. The fraction of sp³-hybridized carbons (Fsp3) is 0.267. The molecule has 116 valence electrons. The summed E-state index contributed by atoms with van der Waals surface area (Å²) in [4.78, 5) is 20.4. The summed E-state index contributed by atoms with van der Waals surface area (Å²) in [6, 6.07) is 6.75. The van der Waals surface area contributed by atoms with Gasteiger partial charge in [0.15, 0.2) is 5.16 Å². The number of rotatable bonds is 5. The largest absolute Gasteiger partial charge is 0.349 e. The van der Waals surface area contributed by atoms with Gasteiger partial charge in [0.2, 0.25) is 5.91 Å². The Morgan fingerprint density at radius 3 is 2.55 bits per heavy atom. The van der Waals surface area contributed by atoms with Gasteiger partial charge in [-0.25, -0.2) is 9.97 Å². The van der Waals surface area contributed by atoms with E-state index >= 15 is 0 Å². The molecule has 22 heavy (non-hydrogen) atoms. The first-order valence-electron chi connectivity index (χ1n) is 6.66. The quantitative estimate of drug-likeness (QED) is 0.646. The molecule has 4 nitrogen and oxygen atoms in total. The Morgan fingerprint density at radius 1 is 1.23 bits per heavy atom. The fourth-order valence-electron chi connectivity index (χ4n) is 1.82. The molecule has 0 aliphatic heterocycles. The van der Waals surface area contributed by atoms with Crippen LogP contribution in [0.5, 0.6) is 0 Å². The molecule has 0 saturated heterocycles. The molecule has 0 saturated carbocycles. The molecule has 1 heterocycles. The van der Waals surface area contributed by atoms with Crippen molar-refractivity contribution in [2.45, 2.75) is 30.3 Å². The molecule has 2 atom stereocenters. The lowest BCUT2D eigenvalue weighted by atomic mass is 10.1. The highest BCUT2D eigenvalue weighted by atomic mass is 35.5. The molecule has 1 aromatic carbocycles. The molecule has 0 radical (unpaired) electrons. The van der Waals surface area contributed by atoms with Gasteiger partial charge < -0.3 is 5.32 Å². The maximum Gasteiger partial charge on any atom is 0.233 e. The van der Waals surface area contributed by atoms with Crippen molar-refractivity contribution >= 4 is 40.9 Å². The van der Waals surface area contributed by atoms with Gasteiger partial charge in [-0.2, -0.15) is 0 Å². The van der Waals surface area contributed by atoms with E-state index in [9.17, 15) is 4.79 Å². The first kappa shape index (κ1) is 17.1. The van der Waals surface area contributed by atoms with Crippen molar-refractivity contribution in [1.82, 2.24) is 15.3 Å². The Labute approximate surface area is 143 Å². The van der Waals surface area contributed by atoms with Crippen molar-refractivity contribution in [2.75, 3.05) is 0 Å². The smallest absolute Gasteiger partial charge is 0.233 e. The van der Waals surface area contributed by atoms with E-state index in [1.54, 1.807) is 30.6 Å². The van der Waals surface area contributed by atoms with Crippen molar-refractivity contribution in [3.05, 3.63) is 52.3 Å². The van der Waals surface area contributed by atoms with E-state index in [4.69, 9.17) is 23.2 Å². The third kappa shape index (κ3) is 4.60. The van der Waals surface area contributed by atoms with Crippen molar-refractivity contribution in [3.8, 4) is 0 Å². The Hall–Kier alpha value is -1.30. The highest BCUT2D eigenvalue weighted by Gasteiger charge is 2.19. The predicted octanol–water partition coefficient (Wildman–Crippen LogP) is 4.14. The van der Waals surface area contributed by atoms with Crippen molar-refractivity contribution < 1.29 is 4.79 Å². The molecular weight excluding hydrogens is 341 g/mol. The molecule has 2 rings (SSSR count). The number of aromatic nitrogens is 2. The standard InChI is InChI=1S/C15H15Cl2N3OS/c1-9(12-5-4-11(16)8-13(12)17)20-14(21)10(2)22-15-18-6-3-7-19-15/h3-10H,1-2H3,(H,20,21)/t9-,10-/m0/s1. The van der Waals surface area contributed by atoms with Gasteiger partial charge in [-0.1, -0.05) is 41.0 Å². The Morgan fingerprint density at radius 2 is 1.91 bits per heavy atom. The molecule has 0 bridgehead atoms.